The van der Waals surface area contributed by atoms with Gasteiger partial charge in [-0.2, -0.15) is 0 Å². The van der Waals surface area contributed by atoms with Crippen LogP contribution in [0.2, 0.25) is 0 Å². The lowest BCUT2D eigenvalue weighted by molar-refractivity contribution is 0.271. The minimum absolute atomic E-state index is 0.0987. The molecule has 2 aliphatic rings. The number of epoxide rings is 1. The number of aromatic hydroxyl groups is 1. The first-order valence-electron chi connectivity index (χ1n) is 11.7. The van der Waals surface area contributed by atoms with Crippen molar-refractivity contribution in [2.24, 2.45) is 10.8 Å². The van der Waals surface area contributed by atoms with Crippen molar-refractivity contribution in [1.29, 1.82) is 0 Å². The van der Waals surface area contributed by atoms with Crippen molar-refractivity contribution in [3.63, 3.8) is 0 Å². The van der Waals surface area contributed by atoms with Crippen LogP contribution in [0.4, 0.5) is 0 Å². The molecular formula is C25H36O8S2. The molecule has 1 saturated heterocycles. The summed E-state index contributed by atoms with van der Waals surface area (Å²) in [6.45, 7) is 8.17. The third-order valence-corrected chi connectivity index (χ3v) is 9.27. The average Bonchev–Trinajstić information content (AvgIpc) is 3.59. The van der Waals surface area contributed by atoms with Gasteiger partial charge in [0.1, 0.15) is 24.7 Å². The zero-order valence-electron chi connectivity index (χ0n) is 20.8. The van der Waals surface area contributed by atoms with Gasteiger partial charge in [-0.3, -0.25) is 13.2 Å². The number of hydrogen-bond donors (Lipinski definition) is 2. The van der Waals surface area contributed by atoms with Gasteiger partial charge in [-0.25, -0.2) is 0 Å². The van der Waals surface area contributed by atoms with E-state index in [1.165, 1.54) is 12.5 Å². The van der Waals surface area contributed by atoms with Gasteiger partial charge < -0.3 is 24.1 Å². The van der Waals surface area contributed by atoms with Gasteiger partial charge in [-0.05, 0) is 42.1 Å². The van der Waals surface area contributed by atoms with Gasteiger partial charge >= 0.3 is 0 Å². The van der Waals surface area contributed by atoms with E-state index >= 15 is 0 Å². The Morgan fingerprint density at radius 3 is 2.09 bits per heavy atom. The van der Waals surface area contributed by atoms with Crippen LogP contribution in [0.1, 0.15) is 52.5 Å². The van der Waals surface area contributed by atoms with Gasteiger partial charge in [-0.1, -0.05) is 27.7 Å². The highest BCUT2D eigenvalue weighted by atomic mass is 32.2. The van der Waals surface area contributed by atoms with Crippen molar-refractivity contribution in [3.05, 3.63) is 52.2 Å². The molecule has 0 aromatic carbocycles. The highest BCUT2D eigenvalue weighted by Gasteiger charge is 2.47. The molecule has 0 radical (unpaired) electrons. The van der Waals surface area contributed by atoms with Crippen molar-refractivity contribution >= 4 is 21.6 Å². The van der Waals surface area contributed by atoms with Crippen molar-refractivity contribution in [2.45, 2.75) is 65.6 Å². The van der Waals surface area contributed by atoms with Crippen LogP contribution in [0.3, 0.4) is 0 Å². The Kier molecular flexibility index (Phi) is 9.04. The Hall–Kier alpha value is -1.91. The molecule has 0 aliphatic carbocycles. The Morgan fingerprint density at radius 2 is 1.46 bits per heavy atom. The SMILES string of the molecule is CC(C)(CCS(=O)CCS(=O)CCC(C)(C)Cc1cocc(O)c1=O)CC1=COC=C(O)C2OC12. The normalized spacial score (nSPS) is 21.7. The van der Waals surface area contributed by atoms with E-state index in [0.29, 0.717) is 47.8 Å². The number of rotatable bonds is 13. The van der Waals surface area contributed by atoms with Crippen LogP contribution in [-0.4, -0.2) is 53.9 Å². The largest absolute Gasteiger partial charge is 0.506 e. The molecule has 0 bridgehead atoms. The maximum absolute atomic E-state index is 12.6. The first kappa shape index (κ1) is 27.7. The smallest absolute Gasteiger partial charge is 0.229 e. The van der Waals surface area contributed by atoms with Crippen LogP contribution < -0.4 is 5.43 Å². The molecule has 1 aromatic rings. The second kappa shape index (κ2) is 11.4. The molecule has 2 N–H and O–H groups in total. The Balaban J connectivity index is 1.37. The molecule has 8 nitrogen and oxygen atoms in total. The molecule has 1 aromatic heterocycles. The minimum Gasteiger partial charge on any atom is -0.506 e. The fourth-order valence-corrected chi connectivity index (χ4v) is 7.53. The van der Waals surface area contributed by atoms with Crippen LogP contribution in [-0.2, 0) is 37.5 Å². The van der Waals surface area contributed by atoms with E-state index < -0.39 is 32.8 Å². The Morgan fingerprint density at radius 1 is 0.857 bits per heavy atom. The monoisotopic (exact) mass is 528 g/mol. The summed E-state index contributed by atoms with van der Waals surface area (Å²) in [4.78, 5) is 12.0. The van der Waals surface area contributed by atoms with E-state index in [2.05, 4.69) is 13.8 Å². The van der Waals surface area contributed by atoms with Gasteiger partial charge in [0.05, 0.1) is 12.5 Å². The molecular weight excluding hydrogens is 492 g/mol. The van der Waals surface area contributed by atoms with Crippen molar-refractivity contribution in [2.75, 3.05) is 23.0 Å². The summed E-state index contributed by atoms with van der Waals surface area (Å²) < 4.78 is 40.9. The van der Waals surface area contributed by atoms with E-state index in [4.69, 9.17) is 13.9 Å². The van der Waals surface area contributed by atoms with Crippen LogP contribution >= 0.6 is 0 Å². The van der Waals surface area contributed by atoms with Crippen molar-refractivity contribution in [3.8, 4) is 5.75 Å². The molecule has 1 fully saturated rings. The fourth-order valence-electron chi connectivity index (χ4n) is 4.08. The Bertz CT molecular complexity index is 1070. The molecule has 3 rings (SSSR count). The van der Waals surface area contributed by atoms with Crippen molar-refractivity contribution < 1.29 is 32.5 Å². The highest BCUT2D eigenvalue weighted by molar-refractivity contribution is 7.88. The molecule has 0 amide bonds. The molecule has 4 unspecified atom stereocenters. The summed E-state index contributed by atoms with van der Waals surface area (Å²) in [6, 6.07) is 0. The number of fused-ring (bicyclic) bond motifs is 1. The lowest BCUT2D eigenvalue weighted by Crippen LogP contribution is -2.24. The van der Waals surface area contributed by atoms with E-state index in [0.717, 1.165) is 18.3 Å². The van der Waals surface area contributed by atoms with Crippen LogP contribution in [0, 0.1) is 10.8 Å². The third-order valence-electron chi connectivity index (χ3n) is 6.37. The fraction of sp³-hybridized carbons (Fsp3) is 0.640. The topological polar surface area (TPSA) is 127 Å². The molecule has 0 spiro atoms. The maximum atomic E-state index is 12.6. The number of ether oxygens (including phenoxy) is 2. The van der Waals surface area contributed by atoms with Gasteiger partial charge in [-0.15, -0.1) is 0 Å². The molecule has 35 heavy (non-hydrogen) atoms. The number of aliphatic hydroxyl groups is 1. The zero-order valence-corrected chi connectivity index (χ0v) is 22.4. The van der Waals surface area contributed by atoms with Gasteiger partial charge in [0.15, 0.2) is 11.5 Å². The van der Waals surface area contributed by atoms with Crippen LogP contribution in [0.15, 0.2) is 45.6 Å². The molecule has 0 saturated carbocycles. The third kappa shape index (κ3) is 8.32. The van der Waals surface area contributed by atoms with Crippen LogP contribution in [0.25, 0.3) is 0 Å². The quantitative estimate of drug-likeness (QED) is 0.371. The summed E-state index contributed by atoms with van der Waals surface area (Å²) >= 11 is 0. The number of hydrogen-bond acceptors (Lipinski definition) is 8. The lowest BCUT2D eigenvalue weighted by Gasteiger charge is -2.25. The van der Waals surface area contributed by atoms with E-state index in [1.54, 1.807) is 6.26 Å². The lowest BCUT2D eigenvalue weighted by atomic mass is 9.82. The first-order chi connectivity index (χ1) is 16.4. The first-order valence-corrected chi connectivity index (χ1v) is 14.7. The highest BCUT2D eigenvalue weighted by Crippen LogP contribution is 2.41. The predicted octanol–water partition coefficient (Wildman–Crippen LogP) is 3.69. The second-order valence-electron chi connectivity index (χ2n) is 10.8. The van der Waals surface area contributed by atoms with Crippen LogP contribution in [0.5, 0.6) is 5.75 Å². The molecule has 2 aliphatic heterocycles. The predicted molar refractivity (Wildman–Crippen MR) is 136 cm³/mol. The van der Waals surface area contributed by atoms with Gasteiger partial charge in [0.25, 0.3) is 0 Å². The molecule has 3 heterocycles. The molecule has 196 valence electrons. The van der Waals surface area contributed by atoms with E-state index in [9.17, 15) is 23.4 Å². The zero-order chi connectivity index (χ0) is 25.8. The van der Waals surface area contributed by atoms with Gasteiger partial charge in [0, 0.05) is 50.2 Å². The summed E-state index contributed by atoms with van der Waals surface area (Å²) in [6.07, 6.45) is 7.31. The summed E-state index contributed by atoms with van der Waals surface area (Å²) in [5.41, 5.74) is 0.522. The average molecular weight is 529 g/mol. The maximum Gasteiger partial charge on any atom is 0.229 e. The summed E-state index contributed by atoms with van der Waals surface area (Å²) in [5.74, 6) is 1.43. The molecule has 10 heteroatoms. The van der Waals surface area contributed by atoms with Crippen molar-refractivity contribution in [1.82, 2.24) is 0 Å². The van der Waals surface area contributed by atoms with E-state index in [1.807, 2.05) is 13.8 Å². The second-order valence-corrected chi connectivity index (χ2v) is 14.2. The standard InChI is InChI=1S/C25H36O8S2/c1-24(2,11-17-13-31-15-19(26)21(17)28)5-7-34(29)9-10-35(30)8-6-25(3,4)12-18-14-32-16-20(27)23-22(18)33-23/h13-16,22-23,26-27H,5-12H2,1-4H3. The summed E-state index contributed by atoms with van der Waals surface area (Å²) in [7, 11) is -2.18. The number of aliphatic hydroxyl groups excluding tert-OH is 1. The molecule has 4 atom stereocenters. The minimum atomic E-state index is -1.11. The van der Waals surface area contributed by atoms with Gasteiger partial charge in [0.2, 0.25) is 5.43 Å². The van der Waals surface area contributed by atoms with E-state index in [-0.39, 0.29) is 28.8 Å². The Labute approximate surface area is 211 Å². The summed E-state index contributed by atoms with van der Waals surface area (Å²) in [5, 5.41) is 19.3.